The van der Waals surface area contributed by atoms with Crippen molar-refractivity contribution in [3.63, 3.8) is 0 Å². The van der Waals surface area contributed by atoms with Gasteiger partial charge in [-0.05, 0) is 18.6 Å². The summed E-state index contributed by atoms with van der Waals surface area (Å²) in [7, 11) is 3.41. The largest absolute Gasteiger partial charge is 0.384 e. The van der Waals surface area contributed by atoms with E-state index in [1.165, 1.54) is 4.90 Å². The fraction of sp³-hybridized carbons (Fsp3) is 0.357. The summed E-state index contributed by atoms with van der Waals surface area (Å²) in [6.45, 7) is 3.01. The molecule has 0 saturated heterocycles. The van der Waals surface area contributed by atoms with Gasteiger partial charge in [0, 0.05) is 26.8 Å². The van der Waals surface area contributed by atoms with E-state index in [2.05, 4.69) is 22.3 Å². The minimum atomic E-state index is -0.114. The summed E-state index contributed by atoms with van der Waals surface area (Å²) in [4.78, 5) is 17.5. The average molecular weight is 273 g/mol. The first kappa shape index (κ1) is 14.0. The number of nitrogens with zero attached hydrogens (tertiary/aromatic N) is 4. The van der Waals surface area contributed by atoms with Crippen molar-refractivity contribution in [3.8, 4) is 5.69 Å². The molecule has 0 atom stereocenters. The fourth-order valence-electron chi connectivity index (χ4n) is 1.73. The van der Waals surface area contributed by atoms with E-state index in [1.807, 2.05) is 6.07 Å². The van der Waals surface area contributed by atoms with Crippen LogP contribution in [0.15, 0.2) is 30.7 Å². The number of hydrogen-bond acceptors (Lipinski definition) is 4. The van der Waals surface area contributed by atoms with Gasteiger partial charge in [-0.25, -0.2) is 4.68 Å². The Balaban J connectivity index is 2.21. The molecule has 0 bridgehead atoms. The molecule has 6 nitrogen and oxygen atoms in total. The van der Waals surface area contributed by atoms with Gasteiger partial charge in [-0.15, -0.1) is 0 Å². The van der Waals surface area contributed by atoms with E-state index in [0.29, 0.717) is 5.69 Å². The molecule has 2 rings (SSSR count). The van der Waals surface area contributed by atoms with Gasteiger partial charge < -0.3 is 10.2 Å². The van der Waals surface area contributed by atoms with Crippen molar-refractivity contribution in [2.45, 2.75) is 13.3 Å². The molecule has 0 saturated carbocycles. The minimum Gasteiger partial charge on any atom is -0.384 e. The summed E-state index contributed by atoms with van der Waals surface area (Å²) in [6, 6.07) is 3.66. The van der Waals surface area contributed by atoms with Gasteiger partial charge in [0.15, 0.2) is 5.69 Å². The number of carbonyl (C=O) groups is 1. The van der Waals surface area contributed by atoms with Crippen molar-refractivity contribution >= 4 is 11.6 Å². The van der Waals surface area contributed by atoms with Gasteiger partial charge in [0.1, 0.15) is 0 Å². The molecule has 0 aliphatic heterocycles. The van der Waals surface area contributed by atoms with Crippen molar-refractivity contribution in [1.82, 2.24) is 19.7 Å². The maximum absolute atomic E-state index is 11.8. The van der Waals surface area contributed by atoms with Crippen LogP contribution in [-0.4, -0.2) is 46.2 Å². The van der Waals surface area contributed by atoms with Crippen molar-refractivity contribution in [2.75, 3.05) is 26.0 Å². The van der Waals surface area contributed by atoms with Gasteiger partial charge in [-0.3, -0.25) is 9.78 Å². The number of anilines is 1. The fourth-order valence-corrected chi connectivity index (χ4v) is 1.73. The number of pyridine rings is 1. The third kappa shape index (κ3) is 3.14. The van der Waals surface area contributed by atoms with E-state index in [1.54, 1.807) is 43.4 Å². The molecule has 0 aromatic carbocycles. The second kappa shape index (κ2) is 6.18. The predicted molar refractivity (Wildman–Crippen MR) is 78.2 cm³/mol. The first-order valence-corrected chi connectivity index (χ1v) is 6.58. The van der Waals surface area contributed by atoms with Crippen LogP contribution in [0.4, 0.5) is 5.69 Å². The zero-order chi connectivity index (χ0) is 14.5. The maximum atomic E-state index is 11.8. The molecule has 2 aromatic heterocycles. The molecule has 106 valence electrons. The quantitative estimate of drug-likeness (QED) is 0.902. The lowest BCUT2D eigenvalue weighted by atomic mass is 10.3. The Bertz CT molecular complexity index is 591. The number of nitrogens with one attached hydrogen (secondary N) is 1. The standard InChI is InChI=1S/C14H19N5O/c1-4-6-16-11-8-12(10-15-9-11)19-7-5-13(17-19)14(20)18(2)3/h5,7-10,16H,4,6H2,1-3H3. The number of hydrogen-bond donors (Lipinski definition) is 1. The molecule has 1 N–H and O–H groups in total. The van der Waals surface area contributed by atoms with Crippen LogP contribution in [0.3, 0.4) is 0 Å². The number of aromatic nitrogens is 3. The summed E-state index contributed by atoms with van der Waals surface area (Å²) in [6.07, 6.45) is 6.30. The smallest absolute Gasteiger partial charge is 0.273 e. The Morgan fingerprint density at radius 2 is 2.20 bits per heavy atom. The highest BCUT2D eigenvalue weighted by atomic mass is 16.2. The van der Waals surface area contributed by atoms with Crippen LogP contribution in [0, 0.1) is 0 Å². The first-order chi connectivity index (χ1) is 9.61. The van der Waals surface area contributed by atoms with Crippen molar-refractivity contribution < 1.29 is 4.79 Å². The van der Waals surface area contributed by atoms with Crippen LogP contribution in [0.2, 0.25) is 0 Å². The normalized spacial score (nSPS) is 10.3. The van der Waals surface area contributed by atoms with Crippen molar-refractivity contribution in [2.24, 2.45) is 0 Å². The van der Waals surface area contributed by atoms with Gasteiger partial charge in [-0.1, -0.05) is 6.92 Å². The summed E-state index contributed by atoms with van der Waals surface area (Å²) >= 11 is 0. The van der Waals surface area contributed by atoms with Gasteiger partial charge in [0.2, 0.25) is 0 Å². The zero-order valence-corrected chi connectivity index (χ0v) is 12.0. The second-order valence-corrected chi connectivity index (χ2v) is 4.70. The second-order valence-electron chi connectivity index (χ2n) is 4.70. The van der Waals surface area contributed by atoms with E-state index < -0.39 is 0 Å². The third-order valence-electron chi connectivity index (χ3n) is 2.78. The molecule has 0 aliphatic carbocycles. The summed E-state index contributed by atoms with van der Waals surface area (Å²) in [5, 5.41) is 7.55. The minimum absolute atomic E-state index is 0.114. The topological polar surface area (TPSA) is 63.1 Å². The van der Waals surface area contributed by atoms with Gasteiger partial charge in [0.25, 0.3) is 5.91 Å². The molecule has 2 heterocycles. The molecular weight excluding hydrogens is 254 g/mol. The summed E-state index contributed by atoms with van der Waals surface area (Å²) in [5.74, 6) is -0.114. The highest BCUT2D eigenvalue weighted by molar-refractivity contribution is 5.91. The molecule has 20 heavy (non-hydrogen) atoms. The van der Waals surface area contributed by atoms with Crippen LogP contribution in [0.1, 0.15) is 23.8 Å². The third-order valence-corrected chi connectivity index (χ3v) is 2.78. The molecular formula is C14H19N5O. The molecule has 2 aromatic rings. The highest BCUT2D eigenvalue weighted by Crippen LogP contribution is 2.13. The Labute approximate surface area is 118 Å². The van der Waals surface area contributed by atoms with Crippen LogP contribution < -0.4 is 5.32 Å². The lowest BCUT2D eigenvalue weighted by Crippen LogP contribution is -2.22. The predicted octanol–water partition coefficient (Wildman–Crippen LogP) is 1.79. The number of rotatable bonds is 5. The Kier molecular flexibility index (Phi) is 4.34. The molecule has 0 spiro atoms. The van der Waals surface area contributed by atoms with Crippen molar-refractivity contribution in [3.05, 3.63) is 36.4 Å². The SMILES string of the molecule is CCCNc1cncc(-n2ccc(C(=O)N(C)C)n2)c1. The molecule has 0 fully saturated rings. The summed E-state index contributed by atoms with van der Waals surface area (Å²) in [5.41, 5.74) is 2.19. The first-order valence-electron chi connectivity index (χ1n) is 6.58. The van der Waals surface area contributed by atoms with Gasteiger partial charge in [0.05, 0.1) is 23.8 Å². The van der Waals surface area contributed by atoms with Crippen molar-refractivity contribution in [1.29, 1.82) is 0 Å². The van der Waals surface area contributed by atoms with E-state index >= 15 is 0 Å². The molecule has 6 heteroatoms. The van der Waals surface area contributed by atoms with E-state index in [4.69, 9.17) is 0 Å². The van der Waals surface area contributed by atoms with Crippen LogP contribution >= 0.6 is 0 Å². The number of amides is 1. The zero-order valence-electron chi connectivity index (χ0n) is 12.0. The Hall–Kier alpha value is -2.37. The Morgan fingerprint density at radius 1 is 1.40 bits per heavy atom. The molecule has 1 amide bonds. The lowest BCUT2D eigenvalue weighted by Gasteiger charge is -2.08. The molecule has 0 aliphatic rings. The van der Waals surface area contributed by atoms with E-state index in [0.717, 1.165) is 24.3 Å². The summed E-state index contributed by atoms with van der Waals surface area (Å²) < 4.78 is 1.65. The van der Waals surface area contributed by atoms with Crippen LogP contribution in [-0.2, 0) is 0 Å². The lowest BCUT2D eigenvalue weighted by molar-refractivity contribution is 0.0821. The van der Waals surface area contributed by atoms with Crippen LogP contribution in [0.25, 0.3) is 5.69 Å². The maximum Gasteiger partial charge on any atom is 0.273 e. The molecule has 0 unspecified atom stereocenters. The van der Waals surface area contributed by atoms with Gasteiger partial charge in [-0.2, -0.15) is 5.10 Å². The van der Waals surface area contributed by atoms with Crippen LogP contribution in [0.5, 0.6) is 0 Å². The molecule has 0 radical (unpaired) electrons. The van der Waals surface area contributed by atoms with E-state index in [-0.39, 0.29) is 5.91 Å². The monoisotopic (exact) mass is 273 g/mol. The Morgan fingerprint density at radius 3 is 2.90 bits per heavy atom. The van der Waals surface area contributed by atoms with E-state index in [9.17, 15) is 4.79 Å². The average Bonchev–Trinajstić information content (AvgIpc) is 2.94. The highest BCUT2D eigenvalue weighted by Gasteiger charge is 2.12. The number of carbonyl (C=O) groups excluding carboxylic acids is 1. The van der Waals surface area contributed by atoms with Gasteiger partial charge >= 0.3 is 0 Å².